The Morgan fingerprint density at radius 1 is 1.18 bits per heavy atom. The second-order valence-electron chi connectivity index (χ2n) is 8.83. The highest BCUT2D eigenvalue weighted by Gasteiger charge is 2.19. The number of nitrogens with one attached hydrogen (secondary N) is 3. The van der Waals surface area contributed by atoms with Crippen LogP contribution in [-0.4, -0.2) is 53.6 Å². The van der Waals surface area contributed by atoms with Gasteiger partial charge in [0.05, 0.1) is 0 Å². The molecule has 1 aliphatic rings. The minimum absolute atomic E-state index is 0.261. The lowest BCUT2D eigenvalue weighted by molar-refractivity contribution is 0.100. The summed E-state index contributed by atoms with van der Waals surface area (Å²) in [5.41, 5.74) is 8.83. The van der Waals surface area contributed by atoms with Gasteiger partial charge in [-0.15, -0.1) is 0 Å². The maximum absolute atomic E-state index is 11.7. The largest absolute Gasteiger partial charge is 0.366 e. The number of carbonyl (C=O) groups excluding carboxylic acids is 1. The Kier molecular flexibility index (Phi) is 7.22. The highest BCUT2D eigenvalue weighted by Crippen LogP contribution is 2.24. The van der Waals surface area contributed by atoms with Gasteiger partial charge in [0.2, 0.25) is 23.8 Å². The Morgan fingerprint density at radius 3 is 2.65 bits per heavy atom. The SMILES string of the molecule is Cc1ccc(C(N)=O)cc1Nc1nc(N[C@@H]2CCNC2)nc(N(C)CC(C)c2ccccc2)n1. The average molecular weight is 461 g/mol. The zero-order chi connectivity index (χ0) is 24.1. The lowest BCUT2D eigenvalue weighted by Crippen LogP contribution is -2.27. The van der Waals surface area contributed by atoms with E-state index >= 15 is 0 Å². The smallest absolute Gasteiger partial charge is 0.248 e. The van der Waals surface area contributed by atoms with E-state index in [0.717, 1.165) is 37.3 Å². The summed E-state index contributed by atoms with van der Waals surface area (Å²) in [4.78, 5) is 27.7. The lowest BCUT2D eigenvalue weighted by atomic mass is 10.0. The molecule has 1 aromatic heterocycles. The Bertz CT molecular complexity index is 1130. The molecule has 3 aromatic rings. The van der Waals surface area contributed by atoms with E-state index in [1.807, 2.05) is 31.0 Å². The van der Waals surface area contributed by atoms with Crippen molar-refractivity contribution in [1.82, 2.24) is 20.3 Å². The topological polar surface area (TPSA) is 121 Å². The van der Waals surface area contributed by atoms with Crippen LogP contribution in [0.3, 0.4) is 0 Å². The molecule has 2 aromatic carbocycles. The number of aromatic nitrogens is 3. The summed E-state index contributed by atoms with van der Waals surface area (Å²) in [6.45, 7) is 6.72. The first-order valence-electron chi connectivity index (χ1n) is 11.6. The first-order valence-corrected chi connectivity index (χ1v) is 11.6. The molecule has 9 heteroatoms. The van der Waals surface area contributed by atoms with Crippen molar-refractivity contribution in [1.29, 1.82) is 0 Å². The van der Waals surface area contributed by atoms with Crippen LogP contribution in [-0.2, 0) is 0 Å². The molecule has 1 unspecified atom stereocenters. The second-order valence-corrected chi connectivity index (χ2v) is 8.83. The maximum Gasteiger partial charge on any atom is 0.248 e. The van der Waals surface area contributed by atoms with Gasteiger partial charge in [0, 0.05) is 37.4 Å². The molecule has 5 N–H and O–H groups in total. The van der Waals surface area contributed by atoms with E-state index in [9.17, 15) is 4.79 Å². The van der Waals surface area contributed by atoms with Crippen molar-refractivity contribution in [2.45, 2.75) is 32.2 Å². The summed E-state index contributed by atoms with van der Waals surface area (Å²) in [6, 6.07) is 15.9. The molecule has 0 aliphatic carbocycles. The first kappa shape index (κ1) is 23.4. The third kappa shape index (κ3) is 5.79. The third-order valence-electron chi connectivity index (χ3n) is 6.04. The number of nitrogens with zero attached hydrogens (tertiary/aromatic N) is 4. The monoisotopic (exact) mass is 460 g/mol. The predicted molar refractivity (Wildman–Crippen MR) is 136 cm³/mol. The van der Waals surface area contributed by atoms with Crippen LogP contribution < -0.4 is 26.6 Å². The minimum atomic E-state index is -0.481. The van der Waals surface area contributed by atoms with Crippen LogP contribution in [0, 0.1) is 6.92 Å². The van der Waals surface area contributed by atoms with Gasteiger partial charge < -0.3 is 26.6 Å². The van der Waals surface area contributed by atoms with Gasteiger partial charge in [0.15, 0.2) is 0 Å². The van der Waals surface area contributed by atoms with E-state index in [4.69, 9.17) is 10.7 Å². The van der Waals surface area contributed by atoms with Crippen molar-refractivity contribution in [3.63, 3.8) is 0 Å². The number of rotatable bonds is 9. The van der Waals surface area contributed by atoms with Gasteiger partial charge in [0.25, 0.3) is 0 Å². The number of hydrogen-bond donors (Lipinski definition) is 4. The second kappa shape index (κ2) is 10.5. The molecule has 0 radical (unpaired) electrons. The molecule has 1 amide bonds. The van der Waals surface area contributed by atoms with Crippen LogP contribution in [0.4, 0.5) is 23.5 Å². The van der Waals surface area contributed by atoms with Gasteiger partial charge in [-0.25, -0.2) is 0 Å². The van der Waals surface area contributed by atoms with Gasteiger partial charge in [-0.05, 0) is 49.1 Å². The summed E-state index contributed by atoms with van der Waals surface area (Å²) < 4.78 is 0. The fraction of sp³-hybridized carbons (Fsp3) is 0.360. The Labute approximate surface area is 200 Å². The van der Waals surface area contributed by atoms with E-state index in [-0.39, 0.29) is 6.04 Å². The molecule has 0 bridgehead atoms. The molecular formula is C25H32N8O. The van der Waals surface area contributed by atoms with Crippen LogP contribution in [0.2, 0.25) is 0 Å². The minimum Gasteiger partial charge on any atom is -0.366 e. The fourth-order valence-corrected chi connectivity index (χ4v) is 4.03. The highest BCUT2D eigenvalue weighted by atomic mass is 16.1. The number of carbonyl (C=O) groups is 1. The number of aryl methyl sites for hydroxylation is 1. The Hall–Kier alpha value is -3.72. The van der Waals surface area contributed by atoms with Crippen LogP contribution in [0.1, 0.15) is 40.7 Å². The van der Waals surface area contributed by atoms with E-state index in [2.05, 4.69) is 57.1 Å². The lowest BCUT2D eigenvalue weighted by Gasteiger charge is -2.23. The van der Waals surface area contributed by atoms with Crippen molar-refractivity contribution >= 4 is 29.4 Å². The third-order valence-corrected chi connectivity index (χ3v) is 6.04. The molecule has 34 heavy (non-hydrogen) atoms. The number of amides is 1. The number of hydrogen-bond acceptors (Lipinski definition) is 8. The number of anilines is 4. The molecule has 4 rings (SSSR count). The van der Waals surface area contributed by atoms with Crippen molar-refractivity contribution in [3.05, 3.63) is 65.2 Å². The molecule has 178 valence electrons. The molecular weight excluding hydrogens is 428 g/mol. The van der Waals surface area contributed by atoms with Gasteiger partial charge in [-0.2, -0.15) is 15.0 Å². The van der Waals surface area contributed by atoms with E-state index < -0.39 is 5.91 Å². The maximum atomic E-state index is 11.7. The zero-order valence-corrected chi connectivity index (χ0v) is 19.9. The summed E-state index contributed by atoms with van der Waals surface area (Å²) in [5, 5.41) is 10.0. The van der Waals surface area contributed by atoms with E-state index in [1.165, 1.54) is 5.56 Å². The highest BCUT2D eigenvalue weighted by molar-refractivity contribution is 5.94. The van der Waals surface area contributed by atoms with E-state index in [1.54, 1.807) is 12.1 Å². The molecule has 2 heterocycles. The van der Waals surface area contributed by atoms with Gasteiger partial charge in [0.1, 0.15) is 0 Å². The first-order chi connectivity index (χ1) is 16.4. The van der Waals surface area contributed by atoms with Crippen LogP contribution in [0.25, 0.3) is 0 Å². The summed E-state index contributed by atoms with van der Waals surface area (Å²) in [7, 11) is 1.98. The number of benzene rings is 2. The fourth-order valence-electron chi connectivity index (χ4n) is 4.03. The Balaban J connectivity index is 1.61. The average Bonchev–Trinajstić information content (AvgIpc) is 3.33. The van der Waals surface area contributed by atoms with Crippen molar-refractivity contribution in [3.8, 4) is 0 Å². The number of likely N-dealkylation sites (N-methyl/N-ethyl adjacent to an activating group) is 1. The van der Waals surface area contributed by atoms with Crippen molar-refractivity contribution < 1.29 is 4.79 Å². The van der Waals surface area contributed by atoms with Crippen LogP contribution in [0.5, 0.6) is 0 Å². The summed E-state index contributed by atoms with van der Waals surface area (Å²) in [5.74, 6) is 1.30. The van der Waals surface area contributed by atoms with Crippen molar-refractivity contribution in [2.24, 2.45) is 5.73 Å². The zero-order valence-electron chi connectivity index (χ0n) is 19.9. The van der Waals surface area contributed by atoms with Gasteiger partial charge >= 0.3 is 0 Å². The summed E-state index contributed by atoms with van der Waals surface area (Å²) >= 11 is 0. The predicted octanol–water partition coefficient (Wildman–Crippen LogP) is 3.04. The molecule has 9 nitrogen and oxygen atoms in total. The Morgan fingerprint density at radius 2 is 1.94 bits per heavy atom. The standard InChI is InChI=1S/C25H32N8O/c1-16-9-10-19(22(26)34)13-21(16)29-24-30-23(28-20-11-12-27-14-20)31-25(32-24)33(3)15-17(2)18-7-5-4-6-8-18/h4-10,13,17,20,27H,11-12,14-15H2,1-3H3,(H2,26,34)(H2,28,29,30,31,32)/t17?,20-/m1/s1. The van der Waals surface area contributed by atoms with Gasteiger partial charge in [-0.3, -0.25) is 4.79 Å². The number of primary amides is 1. The summed E-state index contributed by atoms with van der Waals surface area (Å²) in [6.07, 6.45) is 1.00. The number of nitrogens with two attached hydrogens (primary N) is 1. The van der Waals surface area contributed by atoms with E-state index in [0.29, 0.717) is 29.3 Å². The molecule has 1 aliphatic heterocycles. The molecule has 1 fully saturated rings. The normalized spacial score (nSPS) is 16.1. The van der Waals surface area contributed by atoms with Crippen LogP contribution >= 0.6 is 0 Å². The molecule has 1 saturated heterocycles. The molecule has 2 atom stereocenters. The van der Waals surface area contributed by atoms with Crippen LogP contribution in [0.15, 0.2) is 48.5 Å². The molecule has 0 spiro atoms. The quantitative estimate of drug-likeness (QED) is 0.384. The van der Waals surface area contributed by atoms with Crippen molar-refractivity contribution in [2.75, 3.05) is 42.2 Å². The van der Waals surface area contributed by atoms with Gasteiger partial charge in [-0.1, -0.05) is 43.3 Å². The molecule has 0 saturated carbocycles.